The number of carbonyl (C=O) groups is 1. The Kier molecular flexibility index (Phi) is 4.84. The van der Waals surface area contributed by atoms with Gasteiger partial charge in [0.2, 0.25) is 5.91 Å². The monoisotopic (exact) mass is 278 g/mol. The minimum Gasteiger partial charge on any atom is -0.497 e. The Morgan fingerprint density at radius 3 is 2.80 bits per heavy atom. The molecule has 1 unspecified atom stereocenters. The summed E-state index contributed by atoms with van der Waals surface area (Å²) in [7, 11) is 5.24. The molecule has 1 fully saturated rings. The molecule has 2 rings (SSSR count). The third kappa shape index (κ3) is 3.42. The van der Waals surface area contributed by atoms with Gasteiger partial charge in [-0.25, -0.2) is 0 Å². The number of anilines is 1. The molecule has 0 aliphatic carbocycles. The summed E-state index contributed by atoms with van der Waals surface area (Å²) in [5, 5.41) is 2.96. The summed E-state index contributed by atoms with van der Waals surface area (Å²) >= 11 is 0. The molecular weight excluding hydrogens is 256 g/mol. The Bertz CT molecular complexity index is 476. The van der Waals surface area contributed by atoms with E-state index in [-0.39, 0.29) is 11.8 Å². The van der Waals surface area contributed by atoms with Crippen LogP contribution in [0.15, 0.2) is 18.2 Å². The molecule has 0 bridgehead atoms. The van der Waals surface area contributed by atoms with Crippen molar-refractivity contribution in [2.45, 2.75) is 12.8 Å². The number of rotatable bonds is 4. The second-order valence-corrected chi connectivity index (χ2v) is 5.16. The van der Waals surface area contributed by atoms with Crippen LogP contribution >= 0.6 is 0 Å². The van der Waals surface area contributed by atoms with Crippen molar-refractivity contribution in [2.75, 3.05) is 39.7 Å². The number of hydrogen-bond acceptors (Lipinski definition) is 4. The Labute approximate surface area is 119 Å². The van der Waals surface area contributed by atoms with Gasteiger partial charge in [0.05, 0.1) is 25.8 Å². The van der Waals surface area contributed by atoms with Crippen LogP contribution in [0.2, 0.25) is 0 Å². The molecule has 1 aliphatic rings. The number of amides is 1. The highest BCUT2D eigenvalue weighted by Crippen LogP contribution is 2.29. The van der Waals surface area contributed by atoms with Crippen LogP contribution in [0.5, 0.6) is 11.5 Å². The number of benzene rings is 1. The van der Waals surface area contributed by atoms with E-state index in [1.807, 2.05) is 13.1 Å². The molecule has 5 nitrogen and oxygen atoms in total. The Balaban J connectivity index is 2.10. The molecule has 0 radical (unpaired) electrons. The van der Waals surface area contributed by atoms with E-state index in [2.05, 4.69) is 10.2 Å². The van der Waals surface area contributed by atoms with Crippen LogP contribution < -0.4 is 14.8 Å². The minimum absolute atomic E-state index is 0.0321. The molecule has 1 aromatic carbocycles. The molecule has 0 aromatic heterocycles. The predicted octanol–water partition coefficient (Wildman–Crippen LogP) is 1.98. The average Bonchev–Trinajstić information content (AvgIpc) is 2.47. The summed E-state index contributed by atoms with van der Waals surface area (Å²) in [6, 6.07) is 5.38. The van der Waals surface area contributed by atoms with Gasteiger partial charge in [-0.3, -0.25) is 4.79 Å². The molecule has 0 saturated carbocycles. The van der Waals surface area contributed by atoms with Gasteiger partial charge >= 0.3 is 0 Å². The molecule has 1 atom stereocenters. The molecule has 20 heavy (non-hydrogen) atoms. The smallest absolute Gasteiger partial charge is 0.228 e. The highest BCUT2D eigenvalue weighted by atomic mass is 16.5. The summed E-state index contributed by atoms with van der Waals surface area (Å²) in [6.45, 7) is 1.87. The van der Waals surface area contributed by atoms with E-state index in [9.17, 15) is 4.79 Å². The maximum Gasteiger partial charge on any atom is 0.228 e. The van der Waals surface area contributed by atoms with E-state index in [0.717, 1.165) is 25.9 Å². The fraction of sp³-hybridized carbons (Fsp3) is 0.533. The van der Waals surface area contributed by atoms with Gasteiger partial charge in [-0.05, 0) is 38.6 Å². The van der Waals surface area contributed by atoms with E-state index >= 15 is 0 Å². The van der Waals surface area contributed by atoms with Crippen molar-refractivity contribution in [2.24, 2.45) is 5.92 Å². The van der Waals surface area contributed by atoms with E-state index in [0.29, 0.717) is 17.2 Å². The van der Waals surface area contributed by atoms with Gasteiger partial charge in [0.25, 0.3) is 0 Å². The van der Waals surface area contributed by atoms with Crippen LogP contribution in [0.1, 0.15) is 12.8 Å². The second kappa shape index (κ2) is 6.61. The third-order valence-electron chi connectivity index (χ3n) is 3.66. The zero-order valence-corrected chi connectivity index (χ0v) is 12.3. The number of carbonyl (C=O) groups excluding carboxylic acids is 1. The molecule has 1 amide bonds. The summed E-state index contributed by atoms with van der Waals surface area (Å²) in [6.07, 6.45) is 1.99. The lowest BCUT2D eigenvalue weighted by molar-refractivity contribution is -0.121. The zero-order valence-electron chi connectivity index (χ0n) is 12.3. The van der Waals surface area contributed by atoms with Crippen molar-refractivity contribution >= 4 is 11.6 Å². The second-order valence-electron chi connectivity index (χ2n) is 5.16. The minimum atomic E-state index is 0.0321. The summed E-state index contributed by atoms with van der Waals surface area (Å²) in [5.74, 6) is 1.41. The van der Waals surface area contributed by atoms with E-state index in [1.54, 1.807) is 26.4 Å². The fourth-order valence-electron chi connectivity index (χ4n) is 2.53. The molecule has 1 saturated heterocycles. The number of hydrogen-bond donors (Lipinski definition) is 1. The van der Waals surface area contributed by atoms with Crippen LogP contribution in [0.25, 0.3) is 0 Å². The van der Waals surface area contributed by atoms with Gasteiger partial charge in [-0.2, -0.15) is 0 Å². The predicted molar refractivity (Wildman–Crippen MR) is 78.4 cm³/mol. The van der Waals surface area contributed by atoms with Crippen molar-refractivity contribution in [3.63, 3.8) is 0 Å². The number of methoxy groups -OCH3 is 2. The van der Waals surface area contributed by atoms with Gasteiger partial charge in [0, 0.05) is 12.6 Å². The highest BCUT2D eigenvalue weighted by molar-refractivity contribution is 5.94. The van der Waals surface area contributed by atoms with Crippen LogP contribution in [0, 0.1) is 5.92 Å². The Hall–Kier alpha value is -1.75. The number of piperidine rings is 1. The number of likely N-dealkylation sites (tertiary alicyclic amines) is 1. The zero-order chi connectivity index (χ0) is 14.5. The SMILES string of the molecule is COc1ccc(OC)c(NC(=O)C2CCCN(C)C2)c1. The number of nitrogens with zero attached hydrogens (tertiary/aromatic N) is 1. The summed E-state index contributed by atoms with van der Waals surface area (Å²) in [4.78, 5) is 14.5. The van der Waals surface area contributed by atoms with E-state index in [4.69, 9.17) is 9.47 Å². The maximum atomic E-state index is 12.3. The Morgan fingerprint density at radius 1 is 1.35 bits per heavy atom. The van der Waals surface area contributed by atoms with Crippen molar-refractivity contribution in [1.29, 1.82) is 0 Å². The first-order valence-electron chi connectivity index (χ1n) is 6.85. The first kappa shape index (κ1) is 14.7. The molecule has 0 spiro atoms. The maximum absolute atomic E-state index is 12.3. The summed E-state index contributed by atoms with van der Waals surface area (Å²) < 4.78 is 10.5. The Morgan fingerprint density at radius 2 is 2.15 bits per heavy atom. The van der Waals surface area contributed by atoms with E-state index in [1.165, 1.54) is 0 Å². The van der Waals surface area contributed by atoms with Gasteiger partial charge in [0.1, 0.15) is 11.5 Å². The topological polar surface area (TPSA) is 50.8 Å². The standard InChI is InChI=1S/C15H22N2O3/c1-17-8-4-5-11(10-17)15(18)16-13-9-12(19-2)6-7-14(13)20-3/h6-7,9,11H,4-5,8,10H2,1-3H3,(H,16,18). The van der Waals surface area contributed by atoms with Gasteiger partial charge in [-0.1, -0.05) is 0 Å². The molecule has 1 aromatic rings. The fourth-order valence-corrected chi connectivity index (χ4v) is 2.53. The van der Waals surface area contributed by atoms with Crippen molar-refractivity contribution in [3.05, 3.63) is 18.2 Å². The number of ether oxygens (including phenoxy) is 2. The molecule has 5 heteroatoms. The first-order valence-corrected chi connectivity index (χ1v) is 6.85. The normalized spacial score (nSPS) is 19.4. The van der Waals surface area contributed by atoms with Gasteiger partial charge < -0.3 is 19.7 Å². The largest absolute Gasteiger partial charge is 0.497 e. The van der Waals surface area contributed by atoms with Crippen molar-refractivity contribution in [3.8, 4) is 11.5 Å². The van der Waals surface area contributed by atoms with Crippen LogP contribution in [-0.2, 0) is 4.79 Å². The van der Waals surface area contributed by atoms with Gasteiger partial charge in [0.15, 0.2) is 0 Å². The molecule has 1 aliphatic heterocycles. The lowest BCUT2D eigenvalue weighted by Crippen LogP contribution is -2.38. The van der Waals surface area contributed by atoms with E-state index < -0.39 is 0 Å². The lowest BCUT2D eigenvalue weighted by Gasteiger charge is -2.28. The third-order valence-corrected chi connectivity index (χ3v) is 3.66. The van der Waals surface area contributed by atoms with Crippen LogP contribution in [0.4, 0.5) is 5.69 Å². The van der Waals surface area contributed by atoms with Crippen LogP contribution in [-0.4, -0.2) is 45.2 Å². The molecule has 1 heterocycles. The first-order chi connectivity index (χ1) is 9.63. The van der Waals surface area contributed by atoms with Crippen molar-refractivity contribution < 1.29 is 14.3 Å². The molecule has 110 valence electrons. The average molecular weight is 278 g/mol. The molecular formula is C15H22N2O3. The van der Waals surface area contributed by atoms with Gasteiger partial charge in [-0.15, -0.1) is 0 Å². The highest BCUT2D eigenvalue weighted by Gasteiger charge is 2.24. The molecule has 1 N–H and O–H groups in total. The lowest BCUT2D eigenvalue weighted by atomic mass is 9.97. The summed E-state index contributed by atoms with van der Waals surface area (Å²) in [5.41, 5.74) is 0.657. The van der Waals surface area contributed by atoms with Crippen LogP contribution in [0.3, 0.4) is 0 Å². The number of nitrogens with one attached hydrogen (secondary N) is 1. The quantitative estimate of drug-likeness (QED) is 0.915. The van der Waals surface area contributed by atoms with Crippen molar-refractivity contribution in [1.82, 2.24) is 4.90 Å².